The van der Waals surface area contributed by atoms with Crippen LogP contribution in [0.25, 0.3) is 0 Å². The highest BCUT2D eigenvalue weighted by atomic mass is 79.9. The molecule has 1 atom stereocenters. The van der Waals surface area contributed by atoms with Gasteiger partial charge in [0.25, 0.3) is 0 Å². The average molecular weight is 343 g/mol. The Kier molecular flexibility index (Phi) is 5.26. The minimum Gasteiger partial charge on any atom is -0.310 e. The van der Waals surface area contributed by atoms with Gasteiger partial charge in [-0.2, -0.15) is 5.10 Å². The van der Waals surface area contributed by atoms with Crippen LogP contribution in [-0.2, 0) is 6.54 Å². The fourth-order valence-corrected chi connectivity index (χ4v) is 3.87. The standard InChI is InChI=1S/C15H27BrN4/c1-5-8-20-13(12(16)11-18-20)14(17-4)15(2,3)19-9-6-7-10-19/h11,14,17H,5-10H2,1-4H3. The Balaban J connectivity index is 2.33. The summed E-state index contributed by atoms with van der Waals surface area (Å²) in [6.45, 7) is 10.2. The van der Waals surface area contributed by atoms with Crippen molar-refractivity contribution in [2.75, 3.05) is 20.1 Å². The number of nitrogens with one attached hydrogen (secondary N) is 1. The molecule has 1 fully saturated rings. The van der Waals surface area contributed by atoms with Gasteiger partial charge in [-0.15, -0.1) is 0 Å². The zero-order chi connectivity index (χ0) is 14.8. The Morgan fingerprint density at radius 3 is 2.60 bits per heavy atom. The van der Waals surface area contributed by atoms with E-state index in [9.17, 15) is 0 Å². The quantitative estimate of drug-likeness (QED) is 0.861. The van der Waals surface area contributed by atoms with Crippen molar-refractivity contribution < 1.29 is 0 Å². The number of aryl methyl sites for hydroxylation is 1. The van der Waals surface area contributed by atoms with Gasteiger partial charge in [-0.05, 0) is 69.2 Å². The van der Waals surface area contributed by atoms with Crippen LogP contribution in [0.15, 0.2) is 10.7 Å². The smallest absolute Gasteiger partial charge is 0.0714 e. The first-order chi connectivity index (χ1) is 9.52. The van der Waals surface area contributed by atoms with E-state index in [1.165, 1.54) is 31.6 Å². The summed E-state index contributed by atoms with van der Waals surface area (Å²) < 4.78 is 3.25. The average Bonchev–Trinajstić information content (AvgIpc) is 3.04. The van der Waals surface area contributed by atoms with E-state index in [-0.39, 0.29) is 11.6 Å². The van der Waals surface area contributed by atoms with Crippen LogP contribution in [-0.4, -0.2) is 40.4 Å². The van der Waals surface area contributed by atoms with E-state index < -0.39 is 0 Å². The summed E-state index contributed by atoms with van der Waals surface area (Å²) in [7, 11) is 2.05. The molecule has 0 spiro atoms. The number of likely N-dealkylation sites (tertiary alicyclic amines) is 1. The Morgan fingerprint density at radius 1 is 1.40 bits per heavy atom. The molecule has 0 amide bonds. The predicted molar refractivity (Wildman–Crippen MR) is 86.9 cm³/mol. The van der Waals surface area contributed by atoms with E-state index in [1.54, 1.807) is 0 Å². The minimum absolute atomic E-state index is 0.0826. The summed E-state index contributed by atoms with van der Waals surface area (Å²) in [6, 6.07) is 0.268. The van der Waals surface area contributed by atoms with Crippen molar-refractivity contribution in [2.24, 2.45) is 0 Å². The van der Waals surface area contributed by atoms with Crippen LogP contribution < -0.4 is 5.32 Å². The molecule has 4 nitrogen and oxygen atoms in total. The third-order valence-electron chi connectivity index (χ3n) is 4.46. The molecule has 1 aliphatic heterocycles. The summed E-state index contributed by atoms with van der Waals surface area (Å²) in [5, 5.41) is 8.05. The summed E-state index contributed by atoms with van der Waals surface area (Å²) in [5.74, 6) is 0. The molecule has 114 valence electrons. The van der Waals surface area contributed by atoms with Crippen LogP contribution in [0.1, 0.15) is 51.8 Å². The maximum Gasteiger partial charge on any atom is 0.0714 e. The molecule has 1 unspecified atom stereocenters. The number of halogens is 1. The number of hydrogen-bond donors (Lipinski definition) is 1. The van der Waals surface area contributed by atoms with Gasteiger partial charge in [-0.3, -0.25) is 9.58 Å². The molecule has 1 aliphatic rings. The van der Waals surface area contributed by atoms with Crippen LogP contribution in [0, 0.1) is 0 Å². The molecule has 5 heteroatoms. The van der Waals surface area contributed by atoms with Crippen molar-refractivity contribution in [3.05, 3.63) is 16.4 Å². The zero-order valence-corrected chi connectivity index (χ0v) is 14.7. The van der Waals surface area contributed by atoms with Gasteiger partial charge >= 0.3 is 0 Å². The van der Waals surface area contributed by atoms with Crippen molar-refractivity contribution in [1.82, 2.24) is 20.0 Å². The molecule has 2 heterocycles. The molecule has 2 rings (SSSR count). The highest BCUT2D eigenvalue weighted by Gasteiger charge is 2.39. The van der Waals surface area contributed by atoms with Crippen LogP contribution >= 0.6 is 15.9 Å². The summed E-state index contributed by atoms with van der Waals surface area (Å²) in [6.07, 6.45) is 5.65. The van der Waals surface area contributed by atoms with Crippen molar-refractivity contribution in [1.29, 1.82) is 0 Å². The molecule has 1 aromatic rings. The highest BCUT2D eigenvalue weighted by molar-refractivity contribution is 9.10. The van der Waals surface area contributed by atoms with Crippen LogP contribution in [0.4, 0.5) is 0 Å². The maximum atomic E-state index is 4.53. The third kappa shape index (κ3) is 2.95. The van der Waals surface area contributed by atoms with Gasteiger partial charge in [-0.25, -0.2) is 0 Å². The molecule has 0 saturated carbocycles. The van der Waals surface area contributed by atoms with Gasteiger partial charge in [0, 0.05) is 12.1 Å². The molecular formula is C15H27BrN4. The molecule has 0 radical (unpaired) electrons. The van der Waals surface area contributed by atoms with E-state index in [1.807, 2.05) is 6.20 Å². The highest BCUT2D eigenvalue weighted by Crippen LogP contribution is 2.36. The molecule has 0 bridgehead atoms. The second-order valence-corrected chi connectivity index (χ2v) is 7.02. The number of aromatic nitrogens is 2. The molecule has 1 aromatic heterocycles. The summed E-state index contributed by atoms with van der Waals surface area (Å²) >= 11 is 3.69. The first-order valence-electron chi connectivity index (χ1n) is 7.65. The summed E-state index contributed by atoms with van der Waals surface area (Å²) in [5.41, 5.74) is 1.35. The van der Waals surface area contributed by atoms with Crippen molar-refractivity contribution >= 4 is 15.9 Å². The van der Waals surface area contributed by atoms with Crippen molar-refractivity contribution in [2.45, 2.75) is 58.2 Å². The van der Waals surface area contributed by atoms with E-state index in [0.717, 1.165) is 17.4 Å². The lowest BCUT2D eigenvalue weighted by atomic mass is 9.90. The predicted octanol–water partition coefficient (Wildman–Crippen LogP) is 3.19. The van der Waals surface area contributed by atoms with E-state index in [4.69, 9.17) is 0 Å². The SMILES string of the molecule is CCCn1ncc(Br)c1C(NC)C(C)(C)N1CCCC1. The normalized spacial score (nSPS) is 18.6. The van der Waals surface area contributed by atoms with E-state index in [2.05, 4.69) is 63.7 Å². The van der Waals surface area contributed by atoms with Crippen molar-refractivity contribution in [3.8, 4) is 0 Å². The molecular weight excluding hydrogens is 316 g/mol. The van der Waals surface area contributed by atoms with E-state index >= 15 is 0 Å². The van der Waals surface area contributed by atoms with Gasteiger partial charge < -0.3 is 5.32 Å². The second kappa shape index (κ2) is 6.58. The van der Waals surface area contributed by atoms with Gasteiger partial charge in [0.1, 0.15) is 0 Å². The lowest BCUT2D eigenvalue weighted by Crippen LogP contribution is -2.51. The van der Waals surface area contributed by atoms with Crippen LogP contribution in [0.2, 0.25) is 0 Å². The third-order valence-corrected chi connectivity index (χ3v) is 5.07. The topological polar surface area (TPSA) is 33.1 Å². The maximum absolute atomic E-state index is 4.53. The van der Waals surface area contributed by atoms with Gasteiger partial charge in [-0.1, -0.05) is 6.92 Å². The first kappa shape index (κ1) is 16.0. The monoisotopic (exact) mass is 342 g/mol. The zero-order valence-electron chi connectivity index (χ0n) is 13.1. The molecule has 0 aromatic carbocycles. The van der Waals surface area contributed by atoms with Gasteiger partial charge in [0.2, 0.25) is 0 Å². The largest absolute Gasteiger partial charge is 0.310 e. The number of likely N-dealkylation sites (N-methyl/N-ethyl adjacent to an activating group) is 1. The molecule has 1 saturated heterocycles. The Hall–Kier alpha value is -0.390. The Labute approximate surface area is 131 Å². The molecule has 1 N–H and O–H groups in total. The second-order valence-electron chi connectivity index (χ2n) is 6.17. The molecule has 0 aliphatic carbocycles. The number of nitrogens with zero attached hydrogens (tertiary/aromatic N) is 3. The number of hydrogen-bond acceptors (Lipinski definition) is 3. The first-order valence-corrected chi connectivity index (χ1v) is 8.45. The fourth-order valence-electron chi connectivity index (χ4n) is 3.35. The fraction of sp³-hybridized carbons (Fsp3) is 0.800. The number of rotatable bonds is 6. The lowest BCUT2D eigenvalue weighted by molar-refractivity contribution is 0.106. The Morgan fingerprint density at radius 2 is 2.05 bits per heavy atom. The van der Waals surface area contributed by atoms with Gasteiger partial charge in [0.15, 0.2) is 0 Å². The summed E-state index contributed by atoms with van der Waals surface area (Å²) in [4.78, 5) is 2.60. The van der Waals surface area contributed by atoms with E-state index in [0.29, 0.717) is 0 Å². The van der Waals surface area contributed by atoms with Gasteiger partial charge in [0.05, 0.1) is 22.4 Å². The molecule has 20 heavy (non-hydrogen) atoms. The van der Waals surface area contributed by atoms with Crippen LogP contribution in [0.3, 0.4) is 0 Å². The Bertz CT molecular complexity index is 435. The van der Waals surface area contributed by atoms with Crippen LogP contribution in [0.5, 0.6) is 0 Å². The van der Waals surface area contributed by atoms with Crippen molar-refractivity contribution in [3.63, 3.8) is 0 Å². The minimum atomic E-state index is 0.0826. The lowest BCUT2D eigenvalue weighted by Gasteiger charge is -2.42.